The molecule has 1 saturated heterocycles. The number of carbonyl (C=O) groups excluding carboxylic acids is 3. The number of Topliss-reactive ketones (excluding diaryl/α,β-unsaturated/α-hetero) is 1. The Hall–Kier alpha value is -3.41. The van der Waals surface area contributed by atoms with Gasteiger partial charge in [-0.2, -0.15) is 0 Å². The molecule has 0 saturated carbocycles. The van der Waals surface area contributed by atoms with Gasteiger partial charge in [0.15, 0.2) is 5.78 Å². The van der Waals surface area contributed by atoms with E-state index in [2.05, 4.69) is 24.1 Å². The Morgan fingerprint density at radius 2 is 1.73 bits per heavy atom. The lowest BCUT2D eigenvalue weighted by atomic mass is 9.90. The van der Waals surface area contributed by atoms with Crippen LogP contribution in [-0.4, -0.2) is 34.2 Å². The van der Waals surface area contributed by atoms with Gasteiger partial charge in [0.1, 0.15) is 5.54 Å². The minimum absolute atomic E-state index is 0.271. The lowest BCUT2D eigenvalue weighted by molar-refractivity contribution is -0.130. The second-order valence-corrected chi connectivity index (χ2v) is 8.32. The van der Waals surface area contributed by atoms with Gasteiger partial charge in [-0.3, -0.25) is 14.5 Å². The summed E-state index contributed by atoms with van der Waals surface area (Å²) < 4.78 is 0. The molecule has 3 aromatic rings. The molecule has 6 heteroatoms. The number of carbonyl (C=O) groups is 3. The molecule has 30 heavy (non-hydrogen) atoms. The molecule has 1 unspecified atom stereocenters. The molecule has 1 aliphatic rings. The second-order valence-electron chi connectivity index (χ2n) is 8.32. The molecule has 2 N–H and O–H groups in total. The monoisotopic (exact) mass is 403 g/mol. The molecule has 0 spiro atoms. The molecule has 0 bridgehead atoms. The number of rotatable bonds is 5. The third-order valence-electron chi connectivity index (χ3n) is 5.90. The fourth-order valence-electron chi connectivity index (χ4n) is 4.10. The standard InChI is InChI=1S/C24H25N3O3/c1-14(2)16-9-11-17(12-10-16)24(4)22(29)27(23(30)26-24)13-20(28)21-15(3)25-19-8-6-5-7-18(19)21/h5-12,14,25H,13H2,1-4H3,(H,26,30). The highest BCUT2D eigenvalue weighted by Crippen LogP contribution is 2.31. The highest BCUT2D eigenvalue weighted by atomic mass is 16.2. The van der Waals surface area contributed by atoms with Crippen molar-refractivity contribution in [3.8, 4) is 0 Å². The number of aryl methyl sites for hydroxylation is 1. The van der Waals surface area contributed by atoms with Gasteiger partial charge in [0.05, 0.1) is 6.54 Å². The molecule has 1 aliphatic heterocycles. The summed E-state index contributed by atoms with van der Waals surface area (Å²) in [4.78, 5) is 43.1. The van der Waals surface area contributed by atoms with Gasteiger partial charge in [-0.1, -0.05) is 56.3 Å². The van der Waals surface area contributed by atoms with Crippen LogP contribution in [0.25, 0.3) is 10.9 Å². The van der Waals surface area contributed by atoms with Crippen LogP contribution in [0.5, 0.6) is 0 Å². The predicted octanol–water partition coefficient (Wildman–Crippen LogP) is 4.25. The first-order valence-electron chi connectivity index (χ1n) is 10.1. The van der Waals surface area contributed by atoms with E-state index in [1.165, 1.54) is 0 Å². The fraction of sp³-hybridized carbons (Fsp3) is 0.292. The van der Waals surface area contributed by atoms with Crippen LogP contribution in [0, 0.1) is 6.92 Å². The number of nitrogens with zero attached hydrogens (tertiary/aromatic N) is 1. The van der Waals surface area contributed by atoms with E-state index in [0.717, 1.165) is 27.1 Å². The number of nitrogens with one attached hydrogen (secondary N) is 2. The van der Waals surface area contributed by atoms with E-state index in [1.807, 2.05) is 55.5 Å². The van der Waals surface area contributed by atoms with Crippen molar-refractivity contribution >= 4 is 28.6 Å². The number of para-hydroxylation sites is 1. The molecule has 1 aromatic heterocycles. The van der Waals surface area contributed by atoms with Crippen molar-refractivity contribution in [2.24, 2.45) is 0 Å². The number of aromatic nitrogens is 1. The van der Waals surface area contributed by atoms with E-state index in [1.54, 1.807) is 6.92 Å². The van der Waals surface area contributed by atoms with Gasteiger partial charge in [0.2, 0.25) is 0 Å². The largest absolute Gasteiger partial charge is 0.358 e. The molecule has 154 valence electrons. The number of aromatic amines is 1. The van der Waals surface area contributed by atoms with E-state index in [9.17, 15) is 14.4 Å². The zero-order valence-corrected chi connectivity index (χ0v) is 17.6. The SMILES string of the molecule is Cc1[nH]c2ccccc2c1C(=O)CN1C(=O)NC(C)(c2ccc(C(C)C)cc2)C1=O. The molecule has 6 nitrogen and oxygen atoms in total. The summed E-state index contributed by atoms with van der Waals surface area (Å²) in [5, 5.41) is 3.57. The van der Waals surface area contributed by atoms with Crippen LogP contribution in [0.2, 0.25) is 0 Å². The molecular formula is C24H25N3O3. The van der Waals surface area contributed by atoms with Gasteiger partial charge in [0, 0.05) is 22.2 Å². The fourth-order valence-corrected chi connectivity index (χ4v) is 4.10. The molecule has 1 fully saturated rings. The Labute approximate surface area is 175 Å². The second kappa shape index (κ2) is 7.13. The number of fused-ring (bicyclic) bond motifs is 1. The Morgan fingerprint density at radius 1 is 1.07 bits per heavy atom. The molecule has 2 aromatic carbocycles. The Balaban J connectivity index is 1.61. The zero-order chi connectivity index (χ0) is 21.6. The Kier molecular flexibility index (Phi) is 4.73. The Morgan fingerprint density at radius 3 is 2.40 bits per heavy atom. The summed E-state index contributed by atoms with van der Waals surface area (Å²) >= 11 is 0. The van der Waals surface area contributed by atoms with Crippen molar-refractivity contribution in [2.75, 3.05) is 6.54 Å². The summed E-state index contributed by atoms with van der Waals surface area (Å²) in [6.45, 7) is 7.39. The molecule has 3 amide bonds. The molecule has 0 aliphatic carbocycles. The van der Waals surface area contributed by atoms with Gasteiger partial charge in [0.25, 0.3) is 5.91 Å². The van der Waals surface area contributed by atoms with Crippen molar-refractivity contribution < 1.29 is 14.4 Å². The lowest BCUT2D eigenvalue weighted by Gasteiger charge is -2.22. The van der Waals surface area contributed by atoms with Crippen LogP contribution in [-0.2, 0) is 10.3 Å². The summed E-state index contributed by atoms with van der Waals surface area (Å²) in [5.41, 5.74) is 2.75. The third-order valence-corrected chi connectivity index (χ3v) is 5.90. The van der Waals surface area contributed by atoms with Crippen LogP contribution >= 0.6 is 0 Å². The first kappa shape index (κ1) is 19.9. The maximum atomic E-state index is 13.2. The number of benzene rings is 2. The maximum absolute atomic E-state index is 13.2. The Bertz CT molecular complexity index is 1160. The van der Waals surface area contributed by atoms with E-state index in [4.69, 9.17) is 0 Å². The smallest absolute Gasteiger partial charge is 0.325 e. The number of hydrogen-bond acceptors (Lipinski definition) is 3. The van der Waals surface area contributed by atoms with E-state index < -0.39 is 17.5 Å². The van der Waals surface area contributed by atoms with Gasteiger partial charge in [-0.05, 0) is 37.0 Å². The van der Waals surface area contributed by atoms with Crippen LogP contribution in [0.15, 0.2) is 48.5 Å². The summed E-state index contributed by atoms with van der Waals surface area (Å²) in [7, 11) is 0. The predicted molar refractivity (Wildman–Crippen MR) is 115 cm³/mol. The maximum Gasteiger partial charge on any atom is 0.325 e. The van der Waals surface area contributed by atoms with Crippen molar-refractivity contribution in [1.29, 1.82) is 0 Å². The summed E-state index contributed by atoms with van der Waals surface area (Å²) in [6.07, 6.45) is 0. The van der Waals surface area contributed by atoms with Crippen LogP contribution in [0.1, 0.15) is 53.9 Å². The van der Waals surface area contributed by atoms with Crippen molar-refractivity contribution in [1.82, 2.24) is 15.2 Å². The quantitative estimate of drug-likeness (QED) is 0.494. The lowest BCUT2D eigenvalue weighted by Crippen LogP contribution is -2.41. The van der Waals surface area contributed by atoms with Crippen molar-refractivity contribution in [3.63, 3.8) is 0 Å². The number of ketones is 1. The molecule has 0 radical (unpaired) electrons. The average Bonchev–Trinajstić information content (AvgIpc) is 3.16. The van der Waals surface area contributed by atoms with Gasteiger partial charge < -0.3 is 10.3 Å². The summed E-state index contributed by atoms with van der Waals surface area (Å²) in [5.74, 6) is -0.322. The first-order chi connectivity index (χ1) is 14.2. The number of H-pyrrole nitrogens is 1. The molecule has 1 atom stereocenters. The average molecular weight is 403 g/mol. The third kappa shape index (κ3) is 3.09. The van der Waals surface area contributed by atoms with E-state index in [0.29, 0.717) is 17.0 Å². The number of hydrogen-bond donors (Lipinski definition) is 2. The van der Waals surface area contributed by atoms with Gasteiger partial charge >= 0.3 is 6.03 Å². The van der Waals surface area contributed by atoms with E-state index in [-0.39, 0.29) is 12.3 Å². The van der Waals surface area contributed by atoms with Crippen molar-refractivity contribution in [2.45, 2.75) is 39.2 Å². The van der Waals surface area contributed by atoms with Crippen LogP contribution in [0.3, 0.4) is 0 Å². The van der Waals surface area contributed by atoms with Crippen LogP contribution < -0.4 is 5.32 Å². The molecule has 2 heterocycles. The minimum atomic E-state index is -1.19. The first-order valence-corrected chi connectivity index (χ1v) is 10.1. The highest BCUT2D eigenvalue weighted by Gasteiger charge is 2.49. The normalized spacial score (nSPS) is 19.0. The van der Waals surface area contributed by atoms with Gasteiger partial charge in [-0.25, -0.2) is 4.79 Å². The zero-order valence-electron chi connectivity index (χ0n) is 17.6. The topological polar surface area (TPSA) is 82.3 Å². The van der Waals surface area contributed by atoms with Crippen LogP contribution in [0.4, 0.5) is 4.79 Å². The minimum Gasteiger partial charge on any atom is -0.358 e. The highest BCUT2D eigenvalue weighted by molar-refractivity contribution is 6.15. The molecular weight excluding hydrogens is 378 g/mol. The van der Waals surface area contributed by atoms with E-state index >= 15 is 0 Å². The number of imide groups is 1. The number of urea groups is 1. The van der Waals surface area contributed by atoms with Gasteiger partial charge in [-0.15, -0.1) is 0 Å². The molecule has 4 rings (SSSR count). The summed E-state index contributed by atoms with van der Waals surface area (Å²) in [6, 6.07) is 14.6. The number of amides is 3. The van der Waals surface area contributed by atoms with Crippen molar-refractivity contribution in [3.05, 3.63) is 70.9 Å².